The van der Waals surface area contributed by atoms with Crippen molar-refractivity contribution in [3.8, 4) is 0 Å². The monoisotopic (exact) mass is 237 g/mol. The molecule has 2 heterocycles. The molecule has 1 aliphatic heterocycles. The second-order valence-corrected chi connectivity index (χ2v) is 5.79. The molecule has 88 valence electrons. The lowest BCUT2D eigenvalue weighted by Crippen LogP contribution is -2.38. The molecule has 0 bridgehead atoms. The van der Waals surface area contributed by atoms with Gasteiger partial charge in [0.2, 0.25) is 0 Å². The molecule has 3 atom stereocenters. The lowest BCUT2D eigenvalue weighted by Gasteiger charge is -2.23. The van der Waals surface area contributed by atoms with Crippen LogP contribution in [0.3, 0.4) is 0 Å². The highest BCUT2D eigenvalue weighted by molar-refractivity contribution is 7.07. The van der Waals surface area contributed by atoms with E-state index in [-0.39, 0.29) is 0 Å². The van der Waals surface area contributed by atoms with Crippen molar-refractivity contribution in [3.05, 3.63) is 22.4 Å². The van der Waals surface area contributed by atoms with Gasteiger partial charge >= 0.3 is 0 Å². The van der Waals surface area contributed by atoms with E-state index in [1.54, 1.807) is 11.3 Å². The molecule has 0 spiro atoms. The molecule has 1 aliphatic carbocycles. The van der Waals surface area contributed by atoms with Crippen LogP contribution in [0, 0.1) is 5.92 Å². The van der Waals surface area contributed by atoms with Crippen molar-refractivity contribution in [1.29, 1.82) is 0 Å². The molecule has 2 fully saturated rings. The Kier molecular flexibility index (Phi) is 3.01. The van der Waals surface area contributed by atoms with Crippen LogP contribution in [-0.4, -0.2) is 18.8 Å². The van der Waals surface area contributed by atoms with Gasteiger partial charge in [0.1, 0.15) is 0 Å². The van der Waals surface area contributed by atoms with Gasteiger partial charge in [-0.2, -0.15) is 11.3 Å². The van der Waals surface area contributed by atoms with Crippen LogP contribution in [0.4, 0.5) is 0 Å². The maximum atomic E-state index is 5.85. The third-order valence-corrected chi connectivity index (χ3v) is 4.43. The molecule has 3 rings (SSSR count). The molecule has 1 saturated heterocycles. The van der Waals surface area contributed by atoms with Crippen LogP contribution in [-0.2, 0) is 4.74 Å². The average molecular weight is 237 g/mol. The highest BCUT2D eigenvalue weighted by Gasteiger charge is 2.40. The molecular formula is C13H19NOS. The van der Waals surface area contributed by atoms with E-state index in [2.05, 4.69) is 29.1 Å². The van der Waals surface area contributed by atoms with Crippen LogP contribution >= 0.6 is 11.3 Å². The summed E-state index contributed by atoms with van der Waals surface area (Å²) in [6.45, 7) is 3.19. The SMILES string of the molecule is CC(NC1CCOC1C1CC1)c1ccsc1. The summed E-state index contributed by atoms with van der Waals surface area (Å²) in [6, 6.07) is 3.24. The van der Waals surface area contributed by atoms with Gasteiger partial charge in [-0.05, 0) is 54.5 Å². The van der Waals surface area contributed by atoms with Gasteiger partial charge in [0, 0.05) is 18.7 Å². The fourth-order valence-corrected chi connectivity index (χ4v) is 3.37. The van der Waals surface area contributed by atoms with Gasteiger partial charge in [0.05, 0.1) is 6.10 Å². The maximum Gasteiger partial charge on any atom is 0.0757 e. The van der Waals surface area contributed by atoms with Crippen molar-refractivity contribution in [2.75, 3.05) is 6.61 Å². The van der Waals surface area contributed by atoms with Crippen LogP contribution in [0.2, 0.25) is 0 Å². The summed E-state index contributed by atoms with van der Waals surface area (Å²) in [5, 5.41) is 8.12. The first-order valence-corrected chi connectivity index (χ1v) is 7.18. The van der Waals surface area contributed by atoms with Gasteiger partial charge in [-0.25, -0.2) is 0 Å². The Balaban J connectivity index is 1.61. The molecule has 16 heavy (non-hydrogen) atoms. The van der Waals surface area contributed by atoms with E-state index in [1.165, 1.54) is 24.8 Å². The third kappa shape index (κ3) is 2.17. The van der Waals surface area contributed by atoms with Crippen LogP contribution in [0.1, 0.15) is 37.8 Å². The predicted octanol–water partition coefficient (Wildman–Crippen LogP) is 2.97. The fraction of sp³-hybridized carbons (Fsp3) is 0.692. The molecule has 0 amide bonds. The Labute approximate surface area is 101 Å². The van der Waals surface area contributed by atoms with E-state index in [0.717, 1.165) is 12.5 Å². The molecule has 1 N–H and O–H groups in total. The smallest absolute Gasteiger partial charge is 0.0757 e. The third-order valence-electron chi connectivity index (χ3n) is 3.73. The lowest BCUT2D eigenvalue weighted by molar-refractivity contribution is 0.0793. The number of hydrogen-bond acceptors (Lipinski definition) is 3. The summed E-state index contributed by atoms with van der Waals surface area (Å²) >= 11 is 1.77. The first-order chi connectivity index (χ1) is 7.84. The Morgan fingerprint density at radius 1 is 1.44 bits per heavy atom. The van der Waals surface area contributed by atoms with Crippen molar-refractivity contribution in [3.63, 3.8) is 0 Å². The molecule has 2 aliphatic rings. The van der Waals surface area contributed by atoms with Gasteiger partial charge in [0.25, 0.3) is 0 Å². The first kappa shape index (κ1) is 10.8. The standard InChI is InChI=1S/C13H19NOS/c1-9(11-5-7-16-8-11)14-12-4-6-15-13(12)10-2-3-10/h5,7-10,12-14H,2-4,6H2,1H3. The molecule has 0 aromatic carbocycles. The van der Waals surface area contributed by atoms with E-state index < -0.39 is 0 Å². The summed E-state index contributed by atoms with van der Waals surface area (Å²) < 4.78 is 5.85. The predicted molar refractivity (Wildman–Crippen MR) is 66.7 cm³/mol. The average Bonchev–Trinajstić information content (AvgIpc) is 2.83. The zero-order chi connectivity index (χ0) is 11.0. The number of ether oxygens (including phenoxy) is 1. The summed E-state index contributed by atoms with van der Waals surface area (Å²) in [4.78, 5) is 0. The van der Waals surface area contributed by atoms with Crippen LogP contribution < -0.4 is 5.32 Å². The van der Waals surface area contributed by atoms with Crippen molar-refractivity contribution < 1.29 is 4.74 Å². The Hall–Kier alpha value is -0.380. The van der Waals surface area contributed by atoms with Crippen molar-refractivity contribution in [1.82, 2.24) is 5.32 Å². The summed E-state index contributed by atoms with van der Waals surface area (Å²) in [6.07, 6.45) is 4.40. The van der Waals surface area contributed by atoms with Crippen molar-refractivity contribution >= 4 is 11.3 Å². The molecule has 0 radical (unpaired) electrons. The topological polar surface area (TPSA) is 21.3 Å². The zero-order valence-corrected chi connectivity index (χ0v) is 10.5. The summed E-state index contributed by atoms with van der Waals surface area (Å²) in [5.41, 5.74) is 1.41. The minimum Gasteiger partial charge on any atom is -0.376 e. The number of hydrogen-bond donors (Lipinski definition) is 1. The molecule has 2 nitrogen and oxygen atoms in total. The van der Waals surface area contributed by atoms with Gasteiger partial charge in [0.15, 0.2) is 0 Å². The maximum absolute atomic E-state index is 5.85. The normalized spacial score (nSPS) is 31.8. The van der Waals surface area contributed by atoms with Gasteiger partial charge in [-0.15, -0.1) is 0 Å². The van der Waals surface area contributed by atoms with Crippen LogP contribution in [0.15, 0.2) is 16.8 Å². The first-order valence-electron chi connectivity index (χ1n) is 6.24. The number of thiophene rings is 1. The van der Waals surface area contributed by atoms with Gasteiger partial charge < -0.3 is 10.1 Å². The molecule has 1 aromatic heterocycles. The highest BCUT2D eigenvalue weighted by Crippen LogP contribution is 2.39. The molecule has 3 heteroatoms. The second kappa shape index (κ2) is 4.47. The minimum absolute atomic E-state index is 0.458. The van der Waals surface area contributed by atoms with E-state index in [0.29, 0.717) is 18.2 Å². The number of nitrogens with one attached hydrogen (secondary N) is 1. The van der Waals surface area contributed by atoms with E-state index in [1.807, 2.05) is 0 Å². The Morgan fingerprint density at radius 3 is 3.00 bits per heavy atom. The van der Waals surface area contributed by atoms with Gasteiger partial charge in [-0.3, -0.25) is 0 Å². The Bertz CT molecular complexity index is 334. The largest absolute Gasteiger partial charge is 0.376 e. The van der Waals surface area contributed by atoms with Crippen molar-refractivity contribution in [2.45, 2.75) is 44.4 Å². The Morgan fingerprint density at radius 2 is 2.31 bits per heavy atom. The van der Waals surface area contributed by atoms with Crippen LogP contribution in [0.5, 0.6) is 0 Å². The van der Waals surface area contributed by atoms with E-state index in [9.17, 15) is 0 Å². The summed E-state index contributed by atoms with van der Waals surface area (Å²) in [5.74, 6) is 0.842. The van der Waals surface area contributed by atoms with Crippen molar-refractivity contribution in [2.24, 2.45) is 5.92 Å². The van der Waals surface area contributed by atoms with Crippen LogP contribution in [0.25, 0.3) is 0 Å². The summed E-state index contributed by atoms with van der Waals surface area (Å²) in [7, 11) is 0. The molecule has 3 unspecified atom stereocenters. The molecule has 1 aromatic rings. The number of rotatable bonds is 4. The quantitative estimate of drug-likeness (QED) is 0.869. The van der Waals surface area contributed by atoms with E-state index >= 15 is 0 Å². The van der Waals surface area contributed by atoms with E-state index in [4.69, 9.17) is 4.74 Å². The highest BCUT2D eigenvalue weighted by atomic mass is 32.1. The molecule has 1 saturated carbocycles. The molecular weight excluding hydrogens is 218 g/mol. The lowest BCUT2D eigenvalue weighted by atomic mass is 10.0. The second-order valence-electron chi connectivity index (χ2n) is 5.01. The zero-order valence-electron chi connectivity index (χ0n) is 9.69. The minimum atomic E-state index is 0.458. The van der Waals surface area contributed by atoms with Gasteiger partial charge in [-0.1, -0.05) is 0 Å². The fourth-order valence-electron chi connectivity index (χ4n) is 2.62.